The average molecular weight is 290 g/mol. The van der Waals surface area contributed by atoms with Crippen LogP contribution < -0.4 is 0 Å². The molecule has 3 aromatic rings. The lowest BCUT2D eigenvalue weighted by atomic mass is 9.77. The molecule has 3 aromatic heterocycles. The fraction of sp³-hybridized carbons (Fsp3) is 0.267. The van der Waals surface area contributed by atoms with Gasteiger partial charge < -0.3 is 4.98 Å². The fourth-order valence-corrected chi connectivity index (χ4v) is 3.49. The number of hydrogen-bond donors (Lipinski definition) is 1. The Morgan fingerprint density at radius 1 is 1.30 bits per heavy atom. The van der Waals surface area contributed by atoms with Crippen LogP contribution in [0.25, 0.3) is 22.2 Å². The molecule has 1 N–H and O–H groups in total. The molecule has 1 aliphatic carbocycles. The van der Waals surface area contributed by atoms with E-state index in [0.717, 1.165) is 27.7 Å². The molecule has 0 aromatic carbocycles. The SMILES string of the molecule is FC1(F)CC(c2c[nH]c3ncc(-c4ccsc4)cc23)C1. The summed E-state index contributed by atoms with van der Waals surface area (Å²) in [6, 6.07) is 4.09. The molecule has 0 atom stereocenters. The van der Waals surface area contributed by atoms with Gasteiger partial charge in [-0.25, -0.2) is 13.8 Å². The number of nitrogens with one attached hydrogen (secondary N) is 1. The summed E-state index contributed by atoms with van der Waals surface area (Å²) in [5.41, 5.74) is 3.89. The minimum Gasteiger partial charge on any atom is -0.346 e. The summed E-state index contributed by atoms with van der Waals surface area (Å²) in [5, 5.41) is 5.05. The monoisotopic (exact) mass is 290 g/mol. The van der Waals surface area contributed by atoms with Crippen LogP contribution >= 0.6 is 11.3 Å². The number of pyridine rings is 1. The largest absolute Gasteiger partial charge is 0.346 e. The van der Waals surface area contributed by atoms with Crippen LogP contribution in [0.3, 0.4) is 0 Å². The van der Waals surface area contributed by atoms with Crippen molar-refractivity contribution in [3.63, 3.8) is 0 Å². The van der Waals surface area contributed by atoms with E-state index in [1.165, 1.54) is 0 Å². The third-order valence-electron chi connectivity index (χ3n) is 3.95. The smallest absolute Gasteiger partial charge is 0.249 e. The molecule has 0 aliphatic heterocycles. The van der Waals surface area contributed by atoms with E-state index in [9.17, 15) is 8.78 Å². The summed E-state index contributed by atoms with van der Waals surface area (Å²) in [6.45, 7) is 0. The maximum atomic E-state index is 13.1. The van der Waals surface area contributed by atoms with E-state index in [1.807, 2.05) is 29.9 Å². The Kier molecular flexibility index (Phi) is 2.48. The maximum absolute atomic E-state index is 13.1. The zero-order chi connectivity index (χ0) is 13.7. The quantitative estimate of drug-likeness (QED) is 0.721. The third-order valence-corrected chi connectivity index (χ3v) is 4.63. The van der Waals surface area contributed by atoms with Gasteiger partial charge in [0.15, 0.2) is 0 Å². The van der Waals surface area contributed by atoms with Crippen LogP contribution in [0.2, 0.25) is 0 Å². The first kappa shape index (κ1) is 12.0. The second-order valence-corrected chi connectivity index (χ2v) is 6.12. The highest BCUT2D eigenvalue weighted by Crippen LogP contribution is 2.49. The van der Waals surface area contributed by atoms with Crippen molar-refractivity contribution in [3.05, 3.63) is 40.8 Å². The van der Waals surface area contributed by atoms with Crippen LogP contribution in [0.1, 0.15) is 24.3 Å². The van der Waals surface area contributed by atoms with Gasteiger partial charge in [-0.2, -0.15) is 11.3 Å². The van der Waals surface area contributed by atoms with Crippen molar-refractivity contribution in [3.8, 4) is 11.1 Å². The van der Waals surface area contributed by atoms with E-state index in [-0.39, 0.29) is 18.8 Å². The number of H-pyrrole nitrogens is 1. The van der Waals surface area contributed by atoms with Gasteiger partial charge in [-0.1, -0.05) is 0 Å². The van der Waals surface area contributed by atoms with Crippen LogP contribution in [-0.2, 0) is 0 Å². The van der Waals surface area contributed by atoms with E-state index < -0.39 is 5.92 Å². The van der Waals surface area contributed by atoms with Gasteiger partial charge in [0.1, 0.15) is 5.65 Å². The normalized spacial score (nSPS) is 18.3. The molecule has 1 aliphatic rings. The lowest BCUT2D eigenvalue weighted by molar-refractivity contribution is -0.0864. The summed E-state index contributed by atoms with van der Waals surface area (Å²) in [5.74, 6) is -2.55. The number of alkyl halides is 2. The Hall–Kier alpha value is -1.75. The summed E-state index contributed by atoms with van der Waals surface area (Å²) in [4.78, 5) is 7.48. The predicted octanol–water partition coefficient (Wildman–Crippen LogP) is 4.80. The molecule has 20 heavy (non-hydrogen) atoms. The lowest BCUT2D eigenvalue weighted by Crippen LogP contribution is -2.33. The summed E-state index contributed by atoms with van der Waals surface area (Å²) >= 11 is 1.63. The molecule has 0 spiro atoms. The Labute approximate surface area is 118 Å². The van der Waals surface area contributed by atoms with Gasteiger partial charge in [0.25, 0.3) is 0 Å². The third kappa shape index (κ3) is 1.85. The van der Waals surface area contributed by atoms with Gasteiger partial charge in [0, 0.05) is 36.2 Å². The number of fused-ring (bicyclic) bond motifs is 1. The van der Waals surface area contributed by atoms with Crippen molar-refractivity contribution in [2.24, 2.45) is 0 Å². The minimum atomic E-state index is -2.49. The highest BCUT2D eigenvalue weighted by Gasteiger charge is 2.46. The second kappa shape index (κ2) is 4.12. The van der Waals surface area contributed by atoms with Crippen LogP contribution in [0.15, 0.2) is 35.3 Å². The van der Waals surface area contributed by atoms with Crippen molar-refractivity contribution < 1.29 is 8.78 Å². The topological polar surface area (TPSA) is 28.7 Å². The van der Waals surface area contributed by atoms with Gasteiger partial charge in [0.2, 0.25) is 5.92 Å². The summed E-state index contributed by atoms with van der Waals surface area (Å²) in [6.07, 6.45) is 3.54. The molecular weight excluding hydrogens is 278 g/mol. The standard InChI is InChI=1S/C15H12F2N2S/c16-15(17)4-11(5-15)13-7-19-14-12(13)3-10(6-18-14)9-1-2-20-8-9/h1-3,6-8,11H,4-5H2,(H,18,19). The number of thiophene rings is 1. The van der Waals surface area contributed by atoms with Gasteiger partial charge in [-0.05, 0) is 39.9 Å². The number of aromatic amines is 1. The molecule has 0 amide bonds. The molecule has 102 valence electrons. The van der Waals surface area contributed by atoms with Crippen LogP contribution in [0, 0.1) is 0 Å². The lowest BCUT2D eigenvalue weighted by Gasteiger charge is -2.34. The molecule has 2 nitrogen and oxygen atoms in total. The minimum absolute atomic E-state index is 0.0529. The Balaban J connectivity index is 1.77. The Bertz CT molecular complexity index is 753. The number of rotatable bonds is 2. The Morgan fingerprint density at radius 2 is 2.15 bits per heavy atom. The fourth-order valence-electron chi connectivity index (χ4n) is 2.83. The van der Waals surface area contributed by atoms with Gasteiger partial charge in [0.05, 0.1) is 0 Å². The van der Waals surface area contributed by atoms with E-state index >= 15 is 0 Å². The highest BCUT2D eigenvalue weighted by molar-refractivity contribution is 7.08. The van der Waals surface area contributed by atoms with Crippen molar-refractivity contribution in [2.45, 2.75) is 24.7 Å². The molecule has 5 heteroatoms. The first-order valence-corrected chi connectivity index (χ1v) is 7.44. The molecule has 1 fully saturated rings. The Morgan fingerprint density at radius 3 is 2.85 bits per heavy atom. The van der Waals surface area contributed by atoms with E-state index in [1.54, 1.807) is 11.3 Å². The molecule has 0 radical (unpaired) electrons. The van der Waals surface area contributed by atoms with Crippen molar-refractivity contribution >= 4 is 22.4 Å². The molecule has 0 unspecified atom stereocenters. The van der Waals surface area contributed by atoms with Gasteiger partial charge >= 0.3 is 0 Å². The van der Waals surface area contributed by atoms with Crippen LogP contribution in [-0.4, -0.2) is 15.9 Å². The molecule has 4 rings (SSSR count). The zero-order valence-electron chi connectivity index (χ0n) is 10.6. The number of aromatic nitrogens is 2. The molecular formula is C15H12F2N2S. The molecule has 3 heterocycles. The first-order valence-electron chi connectivity index (χ1n) is 6.50. The summed E-state index contributed by atoms with van der Waals surface area (Å²) < 4.78 is 26.1. The maximum Gasteiger partial charge on any atom is 0.249 e. The first-order chi connectivity index (χ1) is 9.62. The van der Waals surface area contributed by atoms with E-state index in [2.05, 4.69) is 15.3 Å². The van der Waals surface area contributed by atoms with Crippen molar-refractivity contribution in [1.29, 1.82) is 0 Å². The summed E-state index contributed by atoms with van der Waals surface area (Å²) in [7, 11) is 0. The van der Waals surface area contributed by atoms with E-state index in [0.29, 0.717) is 0 Å². The van der Waals surface area contributed by atoms with Crippen LogP contribution in [0.5, 0.6) is 0 Å². The molecule has 0 saturated heterocycles. The highest BCUT2D eigenvalue weighted by atomic mass is 32.1. The van der Waals surface area contributed by atoms with Gasteiger partial charge in [-0.3, -0.25) is 0 Å². The number of nitrogens with zero attached hydrogens (tertiary/aromatic N) is 1. The number of halogens is 2. The molecule has 1 saturated carbocycles. The van der Waals surface area contributed by atoms with Crippen molar-refractivity contribution in [2.75, 3.05) is 0 Å². The molecule has 0 bridgehead atoms. The zero-order valence-corrected chi connectivity index (χ0v) is 11.4. The van der Waals surface area contributed by atoms with Crippen molar-refractivity contribution in [1.82, 2.24) is 9.97 Å². The average Bonchev–Trinajstić information content (AvgIpc) is 3.04. The van der Waals surface area contributed by atoms with Crippen LogP contribution in [0.4, 0.5) is 8.78 Å². The van der Waals surface area contributed by atoms with E-state index in [4.69, 9.17) is 0 Å². The van der Waals surface area contributed by atoms with Gasteiger partial charge in [-0.15, -0.1) is 0 Å². The second-order valence-electron chi connectivity index (χ2n) is 5.34. The predicted molar refractivity (Wildman–Crippen MR) is 76.3 cm³/mol. The number of hydrogen-bond acceptors (Lipinski definition) is 2.